The molecule has 0 N–H and O–H groups in total. The number of amides is 1. The van der Waals surface area contributed by atoms with Crippen LogP contribution in [-0.2, 0) is 14.3 Å². The normalized spacial score (nSPS) is 20.5. The highest BCUT2D eigenvalue weighted by Crippen LogP contribution is 2.39. The zero-order valence-electron chi connectivity index (χ0n) is 11.8. The lowest BCUT2D eigenvalue weighted by molar-refractivity contribution is -0.385. The molecule has 8 heteroatoms. The van der Waals surface area contributed by atoms with Gasteiger partial charge in [-0.2, -0.15) is 0 Å². The summed E-state index contributed by atoms with van der Waals surface area (Å²) in [6.07, 6.45) is 0. The number of hydrogen-bond acceptors (Lipinski definition) is 6. The fraction of sp³-hybridized carbons (Fsp3) is 0.385. The van der Waals surface area contributed by atoms with Gasteiger partial charge in [-0.05, 0) is 19.9 Å². The third kappa shape index (κ3) is 2.28. The zero-order valence-corrected chi connectivity index (χ0v) is 11.8. The molecule has 1 aromatic carbocycles. The van der Waals surface area contributed by atoms with Crippen LogP contribution in [-0.4, -0.2) is 36.1 Å². The number of nitro benzene ring substituents is 1. The Balaban J connectivity index is 2.49. The number of hydrogen-bond donors (Lipinski definition) is 0. The molecule has 0 saturated heterocycles. The van der Waals surface area contributed by atoms with Gasteiger partial charge in [0.25, 0.3) is 17.2 Å². The van der Waals surface area contributed by atoms with Crippen molar-refractivity contribution in [1.29, 1.82) is 0 Å². The van der Waals surface area contributed by atoms with E-state index in [9.17, 15) is 19.7 Å². The average molecular weight is 294 g/mol. The number of anilines is 1. The van der Waals surface area contributed by atoms with Crippen LogP contribution in [0.3, 0.4) is 0 Å². The van der Waals surface area contributed by atoms with Gasteiger partial charge in [0.2, 0.25) is 0 Å². The molecule has 21 heavy (non-hydrogen) atoms. The number of carbonyl (C=O) groups excluding carboxylic acids is 2. The molecule has 0 spiro atoms. The second kappa shape index (κ2) is 5.04. The van der Waals surface area contributed by atoms with Gasteiger partial charge in [-0.25, -0.2) is 4.79 Å². The third-order valence-corrected chi connectivity index (χ3v) is 3.21. The highest BCUT2D eigenvalue weighted by Gasteiger charge is 2.51. The summed E-state index contributed by atoms with van der Waals surface area (Å²) in [6, 6.07) is 3.84. The van der Waals surface area contributed by atoms with Crippen LogP contribution < -0.4 is 9.64 Å². The minimum atomic E-state index is -1.85. The number of nitrogens with zero attached hydrogens (tertiary/aromatic N) is 2. The van der Waals surface area contributed by atoms with Gasteiger partial charge >= 0.3 is 5.97 Å². The highest BCUT2D eigenvalue weighted by molar-refractivity contribution is 6.14. The molecule has 8 nitrogen and oxygen atoms in total. The second-order valence-electron chi connectivity index (χ2n) is 4.63. The highest BCUT2D eigenvalue weighted by atomic mass is 16.6. The smallest absolute Gasteiger partial charge is 0.360 e. The molecule has 2 rings (SSSR count). The predicted octanol–water partition coefficient (Wildman–Crippen LogP) is 1.27. The van der Waals surface area contributed by atoms with Gasteiger partial charge in [-0.15, -0.1) is 0 Å². The number of fused-ring (bicyclic) bond motifs is 1. The summed E-state index contributed by atoms with van der Waals surface area (Å²) in [4.78, 5) is 35.7. The largest absolute Gasteiger partial charge is 0.463 e. The first-order valence-electron chi connectivity index (χ1n) is 6.24. The van der Waals surface area contributed by atoms with Crippen molar-refractivity contribution < 1.29 is 24.0 Å². The van der Waals surface area contributed by atoms with Gasteiger partial charge < -0.3 is 14.4 Å². The van der Waals surface area contributed by atoms with Gasteiger partial charge in [-0.1, -0.05) is 0 Å². The predicted molar refractivity (Wildman–Crippen MR) is 72.2 cm³/mol. The van der Waals surface area contributed by atoms with Crippen molar-refractivity contribution in [2.24, 2.45) is 0 Å². The minimum Gasteiger partial charge on any atom is -0.463 e. The van der Waals surface area contributed by atoms with Gasteiger partial charge in [0, 0.05) is 13.1 Å². The van der Waals surface area contributed by atoms with E-state index in [1.807, 2.05) is 0 Å². The number of ether oxygens (including phenoxy) is 2. The Bertz CT molecular complexity index is 629. The molecule has 0 aliphatic carbocycles. The van der Waals surface area contributed by atoms with E-state index in [1.165, 1.54) is 37.1 Å². The second-order valence-corrected chi connectivity index (χ2v) is 4.63. The van der Waals surface area contributed by atoms with E-state index in [0.29, 0.717) is 5.69 Å². The summed E-state index contributed by atoms with van der Waals surface area (Å²) in [5.41, 5.74) is -1.69. The molecule has 1 unspecified atom stereocenters. The van der Waals surface area contributed by atoms with E-state index >= 15 is 0 Å². The van der Waals surface area contributed by atoms with Crippen LogP contribution in [0.2, 0.25) is 0 Å². The summed E-state index contributed by atoms with van der Waals surface area (Å²) in [6.45, 7) is 2.99. The lowest BCUT2D eigenvalue weighted by atomic mass is 10.0. The van der Waals surface area contributed by atoms with E-state index in [0.717, 1.165) is 0 Å². The van der Waals surface area contributed by atoms with Crippen molar-refractivity contribution in [3.05, 3.63) is 28.3 Å². The maximum atomic E-state index is 12.3. The number of carbonyl (C=O) groups is 2. The first-order chi connectivity index (χ1) is 9.81. The molecule has 1 heterocycles. The molecule has 112 valence electrons. The van der Waals surface area contributed by atoms with E-state index < -0.39 is 22.4 Å². The van der Waals surface area contributed by atoms with Gasteiger partial charge in [0.15, 0.2) is 5.75 Å². The van der Waals surface area contributed by atoms with Gasteiger partial charge in [0.1, 0.15) is 0 Å². The van der Waals surface area contributed by atoms with Crippen LogP contribution in [0.25, 0.3) is 0 Å². The van der Waals surface area contributed by atoms with E-state index in [2.05, 4.69) is 0 Å². The van der Waals surface area contributed by atoms with Crippen molar-refractivity contribution in [3.8, 4) is 5.75 Å². The van der Waals surface area contributed by atoms with Crippen LogP contribution in [0.4, 0.5) is 11.4 Å². The quantitative estimate of drug-likeness (QED) is 0.360. The van der Waals surface area contributed by atoms with Crippen molar-refractivity contribution in [2.45, 2.75) is 19.4 Å². The molecule has 1 atom stereocenters. The molecule has 0 radical (unpaired) electrons. The van der Waals surface area contributed by atoms with Crippen LogP contribution in [0.15, 0.2) is 18.2 Å². The fourth-order valence-electron chi connectivity index (χ4n) is 2.07. The van der Waals surface area contributed by atoms with Gasteiger partial charge in [-0.3, -0.25) is 14.9 Å². The van der Waals surface area contributed by atoms with Crippen LogP contribution >= 0.6 is 0 Å². The van der Waals surface area contributed by atoms with E-state index in [4.69, 9.17) is 9.47 Å². The summed E-state index contributed by atoms with van der Waals surface area (Å²) < 4.78 is 10.3. The standard InChI is InChI=1S/C13H14N2O6/c1-4-20-12(17)13(2)11(16)14(3)9-6-5-8(15(18)19)7-10(9)21-13/h5-7H,4H2,1-3H3. The average Bonchev–Trinajstić information content (AvgIpc) is 2.44. The van der Waals surface area contributed by atoms with Crippen molar-refractivity contribution in [2.75, 3.05) is 18.6 Å². The minimum absolute atomic E-state index is 0.0850. The van der Waals surface area contributed by atoms with Gasteiger partial charge in [0.05, 0.1) is 23.3 Å². The maximum absolute atomic E-state index is 12.3. The number of rotatable bonds is 3. The number of non-ortho nitro benzene ring substituents is 1. The maximum Gasteiger partial charge on any atom is 0.360 e. The summed E-state index contributed by atoms with van der Waals surface area (Å²) in [7, 11) is 1.47. The Hall–Kier alpha value is -2.64. The summed E-state index contributed by atoms with van der Waals surface area (Å²) in [5.74, 6) is -1.34. The lowest BCUT2D eigenvalue weighted by Gasteiger charge is -2.36. The molecule has 0 aromatic heterocycles. The molecule has 1 aliphatic heterocycles. The van der Waals surface area contributed by atoms with Crippen molar-refractivity contribution in [1.82, 2.24) is 0 Å². The van der Waals surface area contributed by atoms with E-state index in [-0.39, 0.29) is 18.0 Å². The molecular formula is C13H14N2O6. The molecular weight excluding hydrogens is 280 g/mol. The number of esters is 1. The van der Waals surface area contributed by atoms with Crippen LogP contribution in [0, 0.1) is 10.1 Å². The number of benzene rings is 1. The van der Waals surface area contributed by atoms with Crippen molar-refractivity contribution >= 4 is 23.3 Å². The Morgan fingerprint density at radius 1 is 1.52 bits per heavy atom. The Kier molecular flexibility index (Phi) is 3.54. The first kappa shape index (κ1) is 14.8. The summed E-state index contributed by atoms with van der Waals surface area (Å²) in [5, 5.41) is 10.8. The number of likely N-dealkylation sites (N-methyl/N-ethyl adjacent to an activating group) is 1. The molecule has 0 saturated carbocycles. The molecule has 1 amide bonds. The molecule has 1 aliphatic rings. The molecule has 1 aromatic rings. The number of nitro groups is 1. The molecule has 0 fully saturated rings. The summed E-state index contributed by atoms with van der Waals surface area (Å²) >= 11 is 0. The van der Waals surface area contributed by atoms with Crippen molar-refractivity contribution in [3.63, 3.8) is 0 Å². The topological polar surface area (TPSA) is 99.0 Å². The lowest BCUT2D eigenvalue weighted by Crippen LogP contribution is -2.58. The third-order valence-electron chi connectivity index (χ3n) is 3.21. The Labute approximate surface area is 120 Å². The Morgan fingerprint density at radius 2 is 2.19 bits per heavy atom. The van der Waals surface area contributed by atoms with Crippen LogP contribution in [0.5, 0.6) is 5.75 Å². The zero-order chi connectivity index (χ0) is 15.8. The van der Waals surface area contributed by atoms with E-state index in [1.54, 1.807) is 6.92 Å². The monoisotopic (exact) mass is 294 g/mol. The molecule has 0 bridgehead atoms. The first-order valence-corrected chi connectivity index (χ1v) is 6.24. The van der Waals surface area contributed by atoms with Crippen LogP contribution in [0.1, 0.15) is 13.8 Å². The Morgan fingerprint density at radius 3 is 2.76 bits per heavy atom. The SMILES string of the molecule is CCOC(=O)C1(C)Oc2cc([N+](=O)[O-])ccc2N(C)C1=O. The fourth-order valence-corrected chi connectivity index (χ4v) is 2.07.